The minimum absolute atomic E-state index is 0.0165. The maximum absolute atomic E-state index is 13.3. The molecule has 1 amide bonds. The number of aliphatic hydroxyl groups excluding tert-OH is 1. The number of fused-ring (bicyclic) bond motifs is 5. The van der Waals surface area contributed by atoms with Crippen molar-refractivity contribution in [2.75, 3.05) is 5.73 Å². The van der Waals surface area contributed by atoms with E-state index in [0.29, 0.717) is 29.0 Å². The number of amides is 1. The number of anilines is 1. The molecule has 0 aromatic heterocycles. The minimum atomic E-state index is -0.852. The van der Waals surface area contributed by atoms with Crippen LogP contribution in [0.25, 0.3) is 0 Å². The highest BCUT2D eigenvalue weighted by atomic mass is 16.5. The molecule has 5 aliphatic rings. The maximum Gasteiger partial charge on any atom is 0.251 e. The molecule has 43 heavy (non-hydrogen) atoms. The van der Waals surface area contributed by atoms with E-state index < -0.39 is 5.60 Å². The van der Waals surface area contributed by atoms with Crippen LogP contribution in [0.4, 0.5) is 5.69 Å². The highest BCUT2D eigenvalue weighted by molar-refractivity contribution is 5.94. The van der Waals surface area contributed by atoms with Crippen LogP contribution in [0.3, 0.4) is 0 Å². The highest BCUT2D eigenvalue weighted by Crippen LogP contribution is 2.76. The van der Waals surface area contributed by atoms with Gasteiger partial charge in [0.2, 0.25) is 0 Å². The number of hydrogen-bond acceptors (Lipinski definition) is 5. The van der Waals surface area contributed by atoms with Gasteiger partial charge in [-0.2, -0.15) is 0 Å². The summed E-state index contributed by atoms with van der Waals surface area (Å²) in [4.78, 5) is 13.3. The number of ether oxygens (including phenoxy) is 1. The number of nitrogens with two attached hydrogens (primary N) is 1. The van der Waals surface area contributed by atoms with Crippen molar-refractivity contribution in [2.45, 2.75) is 143 Å². The van der Waals surface area contributed by atoms with Crippen LogP contribution in [-0.2, 0) is 4.74 Å². The zero-order valence-electron chi connectivity index (χ0n) is 28.0. The number of nitrogens with one attached hydrogen (secondary N) is 1. The third-order valence-corrected chi connectivity index (χ3v) is 14.8. The molecule has 240 valence electrons. The van der Waals surface area contributed by atoms with Gasteiger partial charge in [0, 0.05) is 17.3 Å². The Bertz CT molecular complexity index is 1240. The van der Waals surface area contributed by atoms with Gasteiger partial charge in [-0.05, 0) is 148 Å². The fourth-order valence-electron chi connectivity index (χ4n) is 12.2. The van der Waals surface area contributed by atoms with Gasteiger partial charge in [0.05, 0.1) is 23.4 Å². The van der Waals surface area contributed by atoms with Crippen LogP contribution in [0.5, 0.6) is 0 Å². The van der Waals surface area contributed by atoms with E-state index in [1.807, 2.05) is 26.0 Å². The number of benzene rings is 1. The van der Waals surface area contributed by atoms with E-state index in [1.165, 1.54) is 0 Å². The molecule has 0 radical (unpaired) electrons. The average Bonchev–Trinajstić information content (AvgIpc) is 3.51. The third kappa shape index (κ3) is 4.54. The molecule has 1 aromatic carbocycles. The predicted octanol–water partition coefficient (Wildman–Crippen LogP) is 6.73. The van der Waals surface area contributed by atoms with Crippen molar-refractivity contribution < 1.29 is 19.7 Å². The lowest BCUT2D eigenvalue weighted by atomic mass is 9.35. The quantitative estimate of drug-likeness (QED) is 0.289. The van der Waals surface area contributed by atoms with E-state index in [2.05, 4.69) is 46.9 Å². The first-order chi connectivity index (χ1) is 19.9. The standard InChI is InChI=1S/C37H58N2O4/c1-32(2)26-14-19-35(6)27(34(26,5)17-15-28(32)39-31(41)22-9-11-23(38)12-10-22)21-25(40)30-24(13-18-36(30,35)7)37(8)20-16-29(43-37)33(3,4)42/h9-12,24-30,40,42H,13-21,38H2,1-8H3,(H,39,41)/t24-,25+,26-,27+,28-,29+,30-,34-,35+,36+,37-/m0/s1. The fraction of sp³-hybridized carbons (Fsp3) is 0.811. The van der Waals surface area contributed by atoms with E-state index in [4.69, 9.17) is 10.5 Å². The molecule has 0 spiro atoms. The first-order valence-corrected chi connectivity index (χ1v) is 17.1. The topological polar surface area (TPSA) is 105 Å². The molecule has 6 rings (SSSR count). The molecule has 1 heterocycles. The predicted molar refractivity (Wildman–Crippen MR) is 171 cm³/mol. The molecule has 5 fully saturated rings. The second-order valence-corrected chi connectivity index (χ2v) is 17.6. The van der Waals surface area contributed by atoms with Crippen LogP contribution in [0.15, 0.2) is 24.3 Å². The Kier molecular flexibility index (Phi) is 7.24. The number of carbonyl (C=O) groups excluding carboxylic acids is 1. The van der Waals surface area contributed by atoms with Gasteiger partial charge in [-0.25, -0.2) is 0 Å². The summed E-state index contributed by atoms with van der Waals surface area (Å²) in [6, 6.07) is 7.32. The van der Waals surface area contributed by atoms with Crippen LogP contribution >= 0.6 is 0 Å². The fourth-order valence-corrected chi connectivity index (χ4v) is 12.2. The molecule has 4 aliphatic carbocycles. The van der Waals surface area contributed by atoms with Gasteiger partial charge in [0.25, 0.3) is 5.91 Å². The molecule has 6 nitrogen and oxygen atoms in total. The van der Waals surface area contributed by atoms with Gasteiger partial charge >= 0.3 is 0 Å². The van der Waals surface area contributed by atoms with E-state index in [-0.39, 0.29) is 57.3 Å². The molecule has 0 bridgehead atoms. The van der Waals surface area contributed by atoms with Gasteiger partial charge in [-0.15, -0.1) is 0 Å². The molecule has 5 N–H and O–H groups in total. The van der Waals surface area contributed by atoms with Crippen molar-refractivity contribution in [3.63, 3.8) is 0 Å². The molecular formula is C37H58N2O4. The Labute approximate surface area is 259 Å². The summed E-state index contributed by atoms with van der Waals surface area (Å²) in [5.41, 5.74) is 6.25. The van der Waals surface area contributed by atoms with Crippen LogP contribution in [0.2, 0.25) is 0 Å². The summed E-state index contributed by atoms with van der Waals surface area (Å²) >= 11 is 0. The van der Waals surface area contributed by atoms with E-state index in [1.54, 1.807) is 12.1 Å². The minimum Gasteiger partial charge on any atom is -0.399 e. The van der Waals surface area contributed by atoms with Crippen molar-refractivity contribution in [3.8, 4) is 0 Å². The zero-order valence-corrected chi connectivity index (χ0v) is 28.0. The lowest BCUT2D eigenvalue weighted by Crippen LogP contribution is -2.67. The Morgan fingerprint density at radius 3 is 2.19 bits per heavy atom. The Morgan fingerprint density at radius 2 is 1.56 bits per heavy atom. The number of nitrogen functional groups attached to an aromatic ring is 1. The summed E-state index contributed by atoms with van der Waals surface area (Å²) in [6.45, 7) is 18.3. The Balaban J connectivity index is 1.25. The number of rotatable bonds is 4. The van der Waals surface area contributed by atoms with Crippen molar-refractivity contribution in [2.24, 2.45) is 45.3 Å². The first kappa shape index (κ1) is 31.4. The van der Waals surface area contributed by atoms with Crippen LogP contribution in [0, 0.1) is 45.3 Å². The molecule has 0 unspecified atom stereocenters. The molecule has 11 atom stereocenters. The van der Waals surface area contributed by atoms with Crippen molar-refractivity contribution >= 4 is 11.6 Å². The van der Waals surface area contributed by atoms with Crippen LogP contribution < -0.4 is 11.1 Å². The maximum atomic E-state index is 13.3. The van der Waals surface area contributed by atoms with Gasteiger partial charge < -0.3 is 26.0 Å². The second kappa shape index (κ2) is 9.93. The molecule has 4 saturated carbocycles. The van der Waals surface area contributed by atoms with E-state index >= 15 is 0 Å². The lowest BCUT2D eigenvalue weighted by molar-refractivity contribution is -0.240. The summed E-state index contributed by atoms with van der Waals surface area (Å²) in [7, 11) is 0. The van der Waals surface area contributed by atoms with Gasteiger partial charge in [0.15, 0.2) is 0 Å². The monoisotopic (exact) mass is 594 g/mol. The number of carbonyl (C=O) groups is 1. The SMILES string of the molecule is CC(C)(O)[C@H]1CC[C@@](C)([C@H]2CC[C@]3(C)[C@@H]2[C@H](O)C[C@@H]2[C@@]4(C)CC[C@H](NC(=O)c5ccc(N)cc5)C(C)(C)[C@@H]4CC[C@]23C)O1. The van der Waals surface area contributed by atoms with Crippen molar-refractivity contribution in [1.82, 2.24) is 5.32 Å². The van der Waals surface area contributed by atoms with Crippen LogP contribution in [0.1, 0.15) is 124 Å². The zero-order chi connectivity index (χ0) is 31.4. The molecule has 6 heteroatoms. The second-order valence-electron chi connectivity index (χ2n) is 17.6. The summed E-state index contributed by atoms with van der Waals surface area (Å²) in [5.74, 6) is 1.40. The van der Waals surface area contributed by atoms with Crippen LogP contribution in [-0.4, -0.2) is 45.6 Å². The van der Waals surface area contributed by atoms with Gasteiger partial charge in [-0.3, -0.25) is 4.79 Å². The van der Waals surface area contributed by atoms with E-state index in [0.717, 1.165) is 57.8 Å². The number of hydrogen-bond donors (Lipinski definition) is 4. The molecule has 1 aliphatic heterocycles. The Morgan fingerprint density at radius 1 is 0.907 bits per heavy atom. The lowest BCUT2D eigenvalue weighted by Gasteiger charge is -2.71. The van der Waals surface area contributed by atoms with Crippen molar-refractivity contribution in [3.05, 3.63) is 29.8 Å². The summed E-state index contributed by atoms with van der Waals surface area (Å²) in [5, 5.41) is 26.3. The van der Waals surface area contributed by atoms with E-state index in [9.17, 15) is 15.0 Å². The molecule has 1 aromatic rings. The Hall–Kier alpha value is -1.63. The van der Waals surface area contributed by atoms with Gasteiger partial charge in [0.1, 0.15) is 0 Å². The average molecular weight is 595 g/mol. The molecular weight excluding hydrogens is 536 g/mol. The molecule has 1 saturated heterocycles. The van der Waals surface area contributed by atoms with Crippen molar-refractivity contribution in [1.29, 1.82) is 0 Å². The third-order valence-electron chi connectivity index (χ3n) is 14.8. The smallest absolute Gasteiger partial charge is 0.251 e. The summed E-state index contributed by atoms with van der Waals surface area (Å²) in [6.07, 6.45) is 8.73. The van der Waals surface area contributed by atoms with Gasteiger partial charge in [-0.1, -0.05) is 34.6 Å². The summed E-state index contributed by atoms with van der Waals surface area (Å²) < 4.78 is 6.72. The number of aliphatic hydroxyl groups is 2. The largest absolute Gasteiger partial charge is 0.399 e. The first-order valence-electron chi connectivity index (χ1n) is 17.1. The normalized spacial score (nSPS) is 47.3. The highest BCUT2D eigenvalue weighted by Gasteiger charge is 2.72.